The van der Waals surface area contributed by atoms with Crippen LogP contribution in [-0.2, 0) is 6.54 Å². The zero-order valence-corrected chi connectivity index (χ0v) is 14.8. The number of hydrogen-bond acceptors (Lipinski definition) is 6. The molecule has 134 valence electrons. The van der Waals surface area contributed by atoms with Crippen LogP contribution in [0.3, 0.4) is 0 Å². The van der Waals surface area contributed by atoms with Crippen molar-refractivity contribution < 1.29 is 19.3 Å². The zero-order valence-electron chi connectivity index (χ0n) is 14.8. The third kappa shape index (κ3) is 3.70. The Morgan fingerprint density at radius 2 is 2.00 bits per heavy atom. The van der Waals surface area contributed by atoms with Gasteiger partial charge in [0.1, 0.15) is 11.4 Å². The Morgan fingerprint density at radius 1 is 1.16 bits per heavy atom. The first-order valence-corrected chi connectivity index (χ1v) is 8.28. The van der Waals surface area contributed by atoms with Gasteiger partial charge in [0.05, 0.1) is 27.4 Å². The molecule has 1 aliphatic heterocycles. The van der Waals surface area contributed by atoms with Gasteiger partial charge in [-0.05, 0) is 24.1 Å². The van der Waals surface area contributed by atoms with Gasteiger partial charge in [0.25, 0.3) is 0 Å². The van der Waals surface area contributed by atoms with E-state index >= 15 is 0 Å². The number of benzene rings is 1. The van der Waals surface area contributed by atoms with Crippen molar-refractivity contribution in [2.24, 2.45) is 0 Å². The van der Waals surface area contributed by atoms with Crippen LogP contribution in [0.4, 0.5) is 0 Å². The Labute approximate surface area is 148 Å². The van der Waals surface area contributed by atoms with Crippen LogP contribution in [-0.4, -0.2) is 49.0 Å². The van der Waals surface area contributed by atoms with Crippen molar-refractivity contribution in [2.75, 3.05) is 27.9 Å². The van der Waals surface area contributed by atoms with Gasteiger partial charge in [-0.1, -0.05) is 12.1 Å². The van der Waals surface area contributed by atoms with Gasteiger partial charge in [-0.3, -0.25) is 9.88 Å². The highest BCUT2D eigenvalue weighted by Crippen LogP contribution is 2.37. The smallest absolute Gasteiger partial charge is 0.183 e. The molecular weight excluding hydrogens is 320 g/mol. The average Bonchev–Trinajstić information content (AvgIpc) is 3.01. The maximum Gasteiger partial charge on any atom is 0.183 e. The number of aliphatic hydroxyl groups excluding tert-OH is 1. The van der Waals surface area contributed by atoms with Crippen LogP contribution in [0.1, 0.15) is 23.7 Å². The monoisotopic (exact) mass is 344 g/mol. The zero-order chi connectivity index (χ0) is 17.8. The first-order valence-electron chi connectivity index (χ1n) is 8.28. The van der Waals surface area contributed by atoms with Crippen LogP contribution >= 0.6 is 0 Å². The SMILES string of the molecule is COc1cccc([C@H]2C[C@H](O)CN2Cc2nccc(OC)c2OC)c1. The molecule has 1 N–H and O–H groups in total. The van der Waals surface area contributed by atoms with Gasteiger partial charge >= 0.3 is 0 Å². The Morgan fingerprint density at radius 3 is 2.72 bits per heavy atom. The number of aliphatic hydroxyl groups is 1. The molecule has 2 atom stereocenters. The molecule has 1 aromatic heterocycles. The van der Waals surface area contributed by atoms with Crippen molar-refractivity contribution >= 4 is 0 Å². The van der Waals surface area contributed by atoms with E-state index in [0.717, 1.165) is 17.0 Å². The Balaban J connectivity index is 1.88. The van der Waals surface area contributed by atoms with E-state index in [-0.39, 0.29) is 12.1 Å². The fraction of sp³-hybridized carbons (Fsp3) is 0.421. The Hall–Kier alpha value is -2.31. The molecule has 2 heterocycles. The minimum Gasteiger partial charge on any atom is -0.497 e. The number of pyridine rings is 1. The maximum atomic E-state index is 10.2. The Bertz CT molecular complexity index is 722. The summed E-state index contributed by atoms with van der Waals surface area (Å²) in [7, 11) is 4.88. The molecule has 0 amide bonds. The normalized spacial score (nSPS) is 20.5. The second kappa shape index (κ2) is 7.72. The summed E-state index contributed by atoms with van der Waals surface area (Å²) in [4.78, 5) is 6.67. The molecule has 2 aromatic rings. The molecule has 0 aliphatic carbocycles. The fourth-order valence-corrected chi connectivity index (χ4v) is 3.41. The van der Waals surface area contributed by atoms with Crippen LogP contribution in [0.25, 0.3) is 0 Å². The predicted molar refractivity (Wildman–Crippen MR) is 94.1 cm³/mol. The average molecular weight is 344 g/mol. The molecule has 0 spiro atoms. The lowest BCUT2D eigenvalue weighted by Crippen LogP contribution is -2.25. The number of nitrogens with zero attached hydrogens (tertiary/aromatic N) is 2. The van der Waals surface area contributed by atoms with Crippen molar-refractivity contribution in [3.05, 3.63) is 47.8 Å². The van der Waals surface area contributed by atoms with E-state index in [9.17, 15) is 5.11 Å². The molecule has 1 aromatic carbocycles. The first-order chi connectivity index (χ1) is 12.2. The molecule has 1 saturated heterocycles. The van der Waals surface area contributed by atoms with Crippen molar-refractivity contribution in [2.45, 2.75) is 25.1 Å². The summed E-state index contributed by atoms with van der Waals surface area (Å²) in [5.41, 5.74) is 1.92. The van der Waals surface area contributed by atoms with Gasteiger partial charge in [0, 0.05) is 31.4 Å². The van der Waals surface area contributed by atoms with Crippen molar-refractivity contribution in [3.8, 4) is 17.2 Å². The van der Waals surface area contributed by atoms with E-state index in [1.165, 1.54) is 0 Å². The molecule has 0 saturated carbocycles. The summed E-state index contributed by atoms with van der Waals surface area (Å²) in [6, 6.07) is 9.86. The second-order valence-electron chi connectivity index (χ2n) is 6.10. The van der Waals surface area contributed by atoms with Gasteiger partial charge in [0.15, 0.2) is 11.5 Å². The molecule has 0 unspecified atom stereocenters. The van der Waals surface area contributed by atoms with Crippen molar-refractivity contribution in [1.29, 1.82) is 0 Å². The molecule has 0 radical (unpaired) electrons. The molecule has 1 aliphatic rings. The Kier molecular flexibility index (Phi) is 5.40. The van der Waals surface area contributed by atoms with Crippen molar-refractivity contribution in [3.63, 3.8) is 0 Å². The van der Waals surface area contributed by atoms with Crippen LogP contribution < -0.4 is 14.2 Å². The van der Waals surface area contributed by atoms with Crippen molar-refractivity contribution in [1.82, 2.24) is 9.88 Å². The maximum absolute atomic E-state index is 10.2. The molecule has 25 heavy (non-hydrogen) atoms. The van der Waals surface area contributed by atoms with Crippen LogP contribution in [0, 0.1) is 0 Å². The van der Waals surface area contributed by atoms with Gasteiger partial charge in [-0.25, -0.2) is 0 Å². The molecule has 6 heteroatoms. The van der Waals surface area contributed by atoms with E-state index in [0.29, 0.717) is 31.0 Å². The molecule has 0 bridgehead atoms. The van der Waals surface area contributed by atoms with Gasteiger partial charge in [-0.15, -0.1) is 0 Å². The summed E-state index contributed by atoms with van der Waals surface area (Å²) < 4.78 is 16.2. The van der Waals surface area contributed by atoms with E-state index in [2.05, 4.69) is 16.0 Å². The number of ether oxygens (including phenoxy) is 3. The lowest BCUT2D eigenvalue weighted by Gasteiger charge is -2.25. The molecule has 3 rings (SSSR count). The highest BCUT2D eigenvalue weighted by atomic mass is 16.5. The molecule has 1 fully saturated rings. The second-order valence-corrected chi connectivity index (χ2v) is 6.10. The lowest BCUT2D eigenvalue weighted by molar-refractivity contribution is 0.171. The fourth-order valence-electron chi connectivity index (χ4n) is 3.41. The van der Waals surface area contributed by atoms with Crippen LogP contribution in [0.15, 0.2) is 36.5 Å². The molecular formula is C19H24N2O4. The lowest BCUT2D eigenvalue weighted by atomic mass is 10.0. The van der Waals surface area contributed by atoms with E-state index in [1.807, 2.05) is 18.2 Å². The first kappa shape index (κ1) is 17.5. The highest BCUT2D eigenvalue weighted by Gasteiger charge is 2.33. The number of likely N-dealkylation sites (tertiary alicyclic amines) is 1. The van der Waals surface area contributed by atoms with Crippen LogP contribution in [0.5, 0.6) is 17.2 Å². The summed E-state index contributed by atoms with van der Waals surface area (Å²) in [6.07, 6.45) is 2.02. The minimum absolute atomic E-state index is 0.0998. The number of methoxy groups -OCH3 is 3. The summed E-state index contributed by atoms with van der Waals surface area (Å²) in [5.74, 6) is 2.11. The molecule has 6 nitrogen and oxygen atoms in total. The third-order valence-corrected chi connectivity index (χ3v) is 4.58. The van der Waals surface area contributed by atoms with E-state index in [4.69, 9.17) is 14.2 Å². The summed E-state index contributed by atoms with van der Waals surface area (Å²) in [6.45, 7) is 1.16. The number of rotatable bonds is 6. The number of β-amino-alcohol motifs (C(OH)–C–C–N with tert-alkyl or cyclic N) is 1. The number of aromatic nitrogens is 1. The summed E-state index contributed by atoms with van der Waals surface area (Å²) >= 11 is 0. The quantitative estimate of drug-likeness (QED) is 0.868. The van der Waals surface area contributed by atoms with E-state index < -0.39 is 0 Å². The predicted octanol–water partition coefficient (Wildman–Crippen LogP) is 2.42. The van der Waals surface area contributed by atoms with Gasteiger partial charge in [-0.2, -0.15) is 0 Å². The van der Waals surface area contributed by atoms with E-state index in [1.54, 1.807) is 33.6 Å². The standard InChI is InChI=1S/C19H24N2O4/c1-23-15-6-4-5-13(9-15)17-10-14(22)11-21(17)12-16-19(25-3)18(24-2)7-8-20-16/h4-9,14,17,22H,10-12H2,1-3H3/t14-,17+/m0/s1. The van der Waals surface area contributed by atoms with Gasteiger partial charge in [0.2, 0.25) is 0 Å². The minimum atomic E-state index is -0.368. The topological polar surface area (TPSA) is 64.1 Å². The van der Waals surface area contributed by atoms with Crippen LogP contribution in [0.2, 0.25) is 0 Å². The third-order valence-electron chi connectivity index (χ3n) is 4.58. The number of hydrogen-bond donors (Lipinski definition) is 1. The highest BCUT2D eigenvalue weighted by molar-refractivity contribution is 5.42. The largest absolute Gasteiger partial charge is 0.497 e. The summed E-state index contributed by atoms with van der Waals surface area (Å²) in [5, 5.41) is 10.2. The van der Waals surface area contributed by atoms with Gasteiger partial charge < -0.3 is 19.3 Å².